The molecule has 2 saturated heterocycles. The first-order valence-electron chi connectivity index (χ1n) is 9.34. The molecule has 12 heteroatoms. The molecule has 12 nitrogen and oxygen atoms in total. The van der Waals surface area contributed by atoms with E-state index >= 15 is 0 Å². The zero-order valence-corrected chi connectivity index (χ0v) is 15.7. The van der Waals surface area contributed by atoms with Crippen molar-refractivity contribution in [3.8, 4) is 0 Å². The predicted octanol–water partition coefficient (Wildman–Crippen LogP) is 1.01. The standard InChI is InChI=1S/C16H24N12/c1-10-12(13(17)27(26-10)15-19-5-3-6-20-15)24-25-14-11(18-2)9-23-28(14)16-21-7-4-8-22-16/h9,15-16,19-22H,3-8,17H2,1H3. The molecule has 0 unspecified atom stereocenters. The van der Waals surface area contributed by atoms with Gasteiger partial charge < -0.3 is 5.73 Å². The van der Waals surface area contributed by atoms with Gasteiger partial charge in [-0.1, -0.05) is 0 Å². The molecule has 28 heavy (non-hydrogen) atoms. The molecule has 0 amide bonds. The number of anilines is 1. The van der Waals surface area contributed by atoms with Crippen molar-refractivity contribution in [1.29, 1.82) is 0 Å². The molecule has 2 aromatic rings. The SMILES string of the molecule is [C-]#[N+]c1cnn(C2NCCCN2)c1N=Nc1c(C)nn(C2NCCCN2)c1N. The number of aryl methyl sites for hydroxylation is 1. The second-order valence-corrected chi connectivity index (χ2v) is 6.70. The van der Waals surface area contributed by atoms with E-state index in [1.807, 2.05) is 6.92 Å². The summed E-state index contributed by atoms with van der Waals surface area (Å²) in [6.07, 6.45) is 3.18. The van der Waals surface area contributed by atoms with Crippen molar-refractivity contribution in [2.24, 2.45) is 10.2 Å². The lowest BCUT2D eigenvalue weighted by molar-refractivity contribution is 0.269. The fourth-order valence-corrected chi connectivity index (χ4v) is 3.31. The van der Waals surface area contributed by atoms with E-state index < -0.39 is 0 Å². The van der Waals surface area contributed by atoms with E-state index in [0.717, 1.165) is 39.0 Å². The summed E-state index contributed by atoms with van der Waals surface area (Å²) < 4.78 is 3.32. The van der Waals surface area contributed by atoms with Gasteiger partial charge in [0, 0.05) is 0 Å². The minimum Gasteiger partial charge on any atom is -0.382 e. The summed E-state index contributed by atoms with van der Waals surface area (Å²) in [4.78, 5) is 3.51. The highest BCUT2D eigenvalue weighted by Gasteiger charge is 2.23. The van der Waals surface area contributed by atoms with Crippen LogP contribution in [0.15, 0.2) is 16.4 Å². The topological polar surface area (TPSA) is 139 Å². The molecule has 0 saturated carbocycles. The number of nitrogens with two attached hydrogens (primary N) is 1. The average molecular weight is 384 g/mol. The molecule has 0 aliphatic carbocycles. The molecule has 0 atom stereocenters. The van der Waals surface area contributed by atoms with Crippen LogP contribution in [0.3, 0.4) is 0 Å². The maximum Gasteiger partial charge on any atom is 0.251 e. The lowest BCUT2D eigenvalue weighted by Crippen LogP contribution is -2.45. The lowest BCUT2D eigenvalue weighted by atomic mass is 10.3. The third-order valence-corrected chi connectivity index (χ3v) is 4.75. The molecule has 2 fully saturated rings. The van der Waals surface area contributed by atoms with Crippen LogP contribution in [0.25, 0.3) is 4.85 Å². The van der Waals surface area contributed by atoms with Gasteiger partial charge in [-0.15, -0.1) is 10.2 Å². The summed E-state index contributed by atoms with van der Waals surface area (Å²) in [6, 6.07) is 0. The molecule has 2 aliphatic heterocycles. The minimum absolute atomic E-state index is 0.170. The molecular formula is C16H24N12. The van der Waals surface area contributed by atoms with Crippen molar-refractivity contribution >= 4 is 23.0 Å². The number of hydrogen-bond acceptors (Lipinski definition) is 9. The largest absolute Gasteiger partial charge is 0.382 e. The molecule has 0 spiro atoms. The van der Waals surface area contributed by atoms with E-state index in [9.17, 15) is 0 Å². The molecule has 6 N–H and O–H groups in total. The zero-order chi connectivity index (χ0) is 19.5. The van der Waals surface area contributed by atoms with Gasteiger partial charge in [0.05, 0.1) is 18.5 Å². The zero-order valence-electron chi connectivity index (χ0n) is 15.7. The highest BCUT2D eigenvalue weighted by molar-refractivity contribution is 5.64. The van der Waals surface area contributed by atoms with Crippen LogP contribution in [0.5, 0.6) is 0 Å². The van der Waals surface area contributed by atoms with E-state index in [1.54, 1.807) is 9.36 Å². The molecule has 148 valence electrons. The van der Waals surface area contributed by atoms with Gasteiger partial charge in [-0.25, -0.2) is 14.2 Å². The van der Waals surface area contributed by atoms with Crippen LogP contribution in [0.4, 0.5) is 23.0 Å². The predicted molar refractivity (Wildman–Crippen MR) is 103 cm³/mol. The summed E-state index contributed by atoms with van der Waals surface area (Å²) in [7, 11) is 0. The average Bonchev–Trinajstić information content (AvgIpc) is 3.28. The number of azo groups is 1. The van der Waals surface area contributed by atoms with Crippen molar-refractivity contribution < 1.29 is 0 Å². The quantitative estimate of drug-likeness (QED) is 0.392. The number of nitrogens with one attached hydrogen (secondary N) is 4. The number of aromatic nitrogens is 4. The first-order chi connectivity index (χ1) is 13.7. The van der Waals surface area contributed by atoms with Crippen molar-refractivity contribution in [1.82, 2.24) is 40.8 Å². The maximum atomic E-state index is 7.39. The Morgan fingerprint density at radius 1 is 1.07 bits per heavy atom. The van der Waals surface area contributed by atoms with E-state index in [4.69, 9.17) is 12.3 Å². The number of nitrogens with zero attached hydrogens (tertiary/aromatic N) is 7. The Hall–Kier alpha value is -2.85. The number of hydrogen-bond donors (Lipinski definition) is 5. The van der Waals surface area contributed by atoms with Crippen LogP contribution in [0, 0.1) is 13.5 Å². The fraction of sp³-hybridized carbons (Fsp3) is 0.562. The van der Waals surface area contributed by atoms with Gasteiger partial charge in [-0.3, -0.25) is 21.3 Å². The molecule has 0 radical (unpaired) electrons. The Morgan fingerprint density at radius 2 is 1.68 bits per heavy atom. The molecule has 4 heterocycles. The third kappa shape index (κ3) is 3.48. The van der Waals surface area contributed by atoms with Crippen LogP contribution in [0.1, 0.15) is 31.1 Å². The number of nitrogen functional groups attached to an aromatic ring is 1. The van der Waals surface area contributed by atoms with Crippen LogP contribution in [0.2, 0.25) is 0 Å². The first kappa shape index (κ1) is 18.5. The Morgan fingerprint density at radius 3 is 2.29 bits per heavy atom. The van der Waals surface area contributed by atoms with Gasteiger partial charge in [0.25, 0.3) is 5.69 Å². The number of rotatable bonds is 4. The van der Waals surface area contributed by atoms with Gasteiger partial charge in [0.2, 0.25) is 0 Å². The van der Waals surface area contributed by atoms with Crippen molar-refractivity contribution in [3.05, 3.63) is 23.3 Å². The summed E-state index contributed by atoms with van der Waals surface area (Å²) in [5.41, 5.74) is 7.77. The lowest BCUT2D eigenvalue weighted by Gasteiger charge is -2.26. The van der Waals surface area contributed by atoms with Gasteiger partial charge in [0.1, 0.15) is 0 Å². The molecular weight excluding hydrogens is 360 g/mol. The normalized spacial score (nSPS) is 19.3. The molecule has 0 aromatic carbocycles. The molecule has 2 aromatic heterocycles. The summed E-state index contributed by atoms with van der Waals surface area (Å²) in [5.74, 6) is 0.792. The Kier molecular flexibility index (Phi) is 5.31. The molecule has 4 rings (SSSR count). The summed E-state index contributed by atoms with van der Waals surface area (Å²) in [5, 5.41) is 30.7. The van der Waals surface area contributed by atoms with Crippen molar-refractivity contribution in [2.45, 2.75) is 32.3 Å². The smallest absolute Gasteiger partial charge is 0.251 e. The van der Waals surface area contributed by atoms with Gasteiger partial charge in [0.15, 0.2) is 29.9 Å². The van der Waals surface area contributed by atoms with E-state index in [-0.39, 0.29) is 12.6 Å². The minimum atomic E-state index is -0.227. The molecule has 2 aliphatic rings. The highest BCUT2D eigenvalue weighted by Crippen LogP contribution is 2.34. The van der Waals surface area contributed by atoms with E-state index in [0.29, 0.717) is 28.7 Å². The van der Waals surface area contributed by atoms with Crippen molar-refractivity contribution in [3.63, 3.8) is 0 Å². The van der Waals surface area contributed by atoms with Crippen LogP contribution < -0.4 is 27.0 Å². The first-order valence-corrected chi connectivity index (χ1v) is 9.34. The highest BCUT2D eigenvalue weighted by atomic mass is 15.5. The molecule has 0 bridgehead atoms. The van der Waals surface area contributed by atoms with E-state index in [2.05, 4.69) is 46.5 Å². The summed E-state index contributed by atoms with van der Waals surface area (Å²) >= 11 is 0. The van der Waals surface area contributed by atoms with Crippen LogP contribution in [-0.2, 0) is 0 Å². The second-order valence-electron chi connectivity index (χ2n) is 6.70. The summed E-state index contributed by atoms with van der Waals surface area (Å²) in [6.45, 7) is 12.7. The third-order valence-electron chi connectivity index (χ3n) is 4.75. The Labute approximate surface area is 162 Å². The second kappa shape index (κ2) is 8.03. The van der Waals surface area contributed by atoms with Gasteiger partial charge >= 0.3 is 0 Å². The van der Waals surface area contributed by atoms with Crippen molar-refractivity contribution in [2.75, 3.05) is 31.9 Å². The van der Waals surface area contributed by atoms with Gasteiger partial charge in [-0.2, -0.15) is 10.2 Å². The fourth-order valence-electron chi connectivity index (χ4n) is 3.31. The Balaban J connectivity index is 1.63. The van der Waals surface area contributed by atoms with E-state index in [1.165, 1.54) is 6.20 Å². The monoisotopic (exact) mass is 384 g/mol. The van der Waals surface area contributed by atoms with Crippen LogP contribution >= 0.6 is 0 Å². The van der Waals surface area contributed by atoms with Crippen LogP contribution in [-0.4, -0.2) is 45.7 Å². The Bertz CT molecular complexity index is 892. The van der Waals surface area contributed by atoms with Gasteiger partial charge in [-0.05, 0) is 45.9 Å². The maximum absolute atomic E-state index is 7.39.